The maximum absolute atomic E-state index is 12.7. The van der Waals surface area contributed by atoms with Crippen molar-refractivity contribution >= 4 is 11.6 Å². The molecule has 0 bridgehead atoms. The third-order valence-electron chi connectivity index (χ3n) is 3.56. The van der Waals surface area contributed by atoms with E-state index < -0.39 is 0 Å². The summed E-state index contributed by atoms with van der Waals surface area (Å²) in [6, 6.07) is 12.6. The van der Waals surface area contributed by atoms with Crippen LogP contribution in [-0.4, -0.2) is 25.7 Å². The highest BCUT2D eigenvalue weighted by molar-refractivity contribution is 6.05. The Hall–Kier alpha value is -2.69. The Kier molecular flexibility index (Phi) is 7.80. The zero-order valence-corrected chi connectivity index (χ0v) is 15.7. The van der Waals surface area contributed by atoms with Crippen molar-refractivity contribution in [3.8, 4) is 17.2 Å². The van der Waals surface area contributed by atoms with Crippen LogP contribution in [0, 0.1) is 0 Å². The monoisotopic (exact) mass is 357 g/mol. The van der Waals surface area contributed by atoms with Crippen LogP contribution in [0.1, 0.15) is 44.0 Å². The van der Waals surface area contributed by atoms with E-state index in [4.69, 9.17) is 14.2 Å². The van der Waals surface area contributed by atoms with Crippen LogP contribution >= 0.6 is 0 Å². The first-order valence-electron chi connectivity index (χ1n) is 9.12. The highest BCUT2D eigenvalue weighted by Gasteiger charge is 2.13. The van der Waals surface area contributed by atoms with Gasteiger partial charge in [0, 0.05) is 5.56 Å². The molecular formula is C21H27NO4. The fourth-order valence-corrected chi connectivity index (χ4v) is 2.35. The summed E-state index contributed by atoms with van der Waals surface area (Å²) in [5, 5.41) is 2.91. The van der Waals surface area contributed by atoms with Gasteiger partial charge in [-0.1, -0.05) is 26.0 Å². The molecule has 0 unspecified atom stereocenters. The van der Waals surface area contributed by atoms with Crippen LogP contribution < -0.4 is 19.5 Å². The van der Waals surface area contributed by atoms with Gasteiger partial charge in [0.2, 0.25) is 0 Å². The molecule has 0 radical (unpaired) electrons. The first-order chi connectivity index (χ1) is 12.7. The summed E-state index contributed by atoms with van der Waals surface area (Å²) < 4.78 is 17.0. The average molecular weight is 357 g/mol. The standard InChI is InChI=1S/C21H27NO4/c1-4-13-25-18-10-8-7-9-17(18)22-21(23)16-11-12-19(26-14-5-2)20(15-16)24-6-3/h7-12,15H,4-6,13-14H2,1-3H3,(H,22,23). The van der Waals surface area contributed by atoms with Crippen LogP contribution in [0.3, 0.4) is 0 Å². The summed E-state index contributed by atoms with van der Waals surface area (Å²) in [7, 11) is 0. The molecule has 2 rings (SSSR count). The van der Waals surface area contributed by atoms with Gasteiger partial charge >= 0.3 is 0 Å². The summed E-state index contributed by atoms with van der Waals surface area (Å²) in [5.74, 6) is 1.66. The number of carbonyl (C=O) groups excluding carboxylic acids is 1. The minimum atomic E-state index is -0.222. The average Bonchev–Trinajstić information content (AvgIpc) is 2.66. The number of ether oxygens (including phenoxy) is 3. The molecule has 140 valence electrons. The Morgan fingerprint density at radius 2 is 1.54 bits per heavy atom. The Morgan fingerprint density at radius 1 is 0.846 bits per heavy atom. The Morgan fingerprint density at radius 3 is 2.23 bits per heavy atom. The molecule has 0 aliphatic carbocycles. The van der Waals surface area contributed by atoms with Crippen LogP contribution in [0.4, 0.5) is 5.69 Å². The zero-order valence-electron chi connectivity index (χ0n) is 15.7. The van der Waals surface area contributed by atoms with E-state index in [0.717, 1.165) is 12.8 Å². The smallest absolute Gasteiger partial charge is 0.255 e. The molecule has 0 fully saturated rings. The molecule has 0 aromatic heterocycles. The number of carbonyl (C=O) groups is 1. The van der Waals surface area contributed by atoms with Gasteiger partial charge in [-0.25, -0.2) is 0 Å². The predicted octanol–water partition coefficient (Wildman–Crippen LogP) is 4.92. The minimum Gasteiger partial charge on any atom is -0.491 e. The van der Waals surface area contributed by atoms with E-state index in [0.29, 0.717) is 48.3 Å². The van der Waals surface area contributed by atoms with Crippen molar-refractivity contribution in [2.75, 3.05) is 25.1 Å². The lowest BCUT2D eigenvalue weighted by atomic mass is 10.1. The molecule has 5 nitrogen and oxygen atoms in total. The fraction of sp³-hybridized carbons (Fsp3) is 0.381. The van der Waals surface area contributed by atoms with Crippen LogP contribution in [0.25, 0.3) is 0 Å². The third kappa shape index (κ3) is 5.41. The number of rotatable bonds is 10. The molecule has 0 spiro atoms. The second kappa shape index (κ2) is 10.3. The molecule has 26 heavy (non-hydrogen) atoms. The summed E-state index contributed by atoms with van der Waals surface area (Å²) >= 11 is 0. The molecule has 0 saturated heterocycles. The number of anilines is 1. The van der Waals surface area contributed by atoms with Crippen LogP contribution in [0.5, 0.6) is 17.2 Å². The number of amides is 1. The van der Waals surface area contributed by atoms with Gasteiger partial charge in [0.25, 0.3) is 5.91 Å². The van der Waals surface area contributed by atoms with E-state index in [1.54, 1.807) is 18.2 Å². The summed E-state index contributed by atoms with van der Waals surface area (Å²) in [5.41, 5.74) is 1.15. The first-order valence-corrected chi connectivity index (χ1v) is 9.12. The number of benzene rings is 2. The normalized spacial score (nSPS) is 10.3. The van der Waals surface area contributed by atoms with E-state index in [-0.39, 0.29) is 5.91 Å². The molecule has 1 amide bonds. The maximum atomic E-state index is 12.7. The molecule has 2 aromatic carbocycles. The van der Waals surface area contributed by atoms with Gasteiger partial charge in [0.15, 0.2) is 11.5 Å². The second-order valence-corrected chi connectivity index (χ2v) is 5.74. The van der Waals surface area contributed by atoms with Gasteiger partial charge in [-0.2, -0.15) is 0 Å². The van der Waals surface area contributed by atoms with E-state index in [9.17, 15) is 4.79 Å². The molecule has 0 aliphatic heterocycles. The molecule has 1 N–H and O–H groups in total. The Bertz CT molecular complexity index is 715. The van der Waals surface area contributed by atoms with Gasteiger partial charge in [0.05, 0.1) is 25.5 Å². The quantitative estimate of drug-likeness (QED) is 0.656. The van der Waals surface area contributed by atoms with Crippen molar-refractivity contribution < 1.29 is 19.0 Å². The van der Waals surface area contributed by atoms with Crippen molar-refractivity contribution in [2.24, 2.45) is 0 Å². The lowest BCUT2D eigenvalue weighted by Crippen LogP contribution is -2.13. The SMILES string of the molecule is CCCOc1ccccc1NC(=O)c1ccc(OCCC)c(OCC)c1. The summed E-state index contributed by atoms with van der Waals surface area (Å²) in [4.78, 5) is 12.7. The zero-order chi connectivity index (χ0) is 18.8. The van der Waals surface area contributed by atoms with E-state index in [1.165, 1.54) is 0 Å². The number of nitrogens with one attached hydrogen (secondary N) is 1. The summed E-state index contributed by atoms with van der Waals surface area (Å²) in [6.07, 6.45) is 1.81. The molecule has 0 heterocycles. The lowest BCUT2D eigenvalue weighted by Gasteiger charge is -2.14. The number of hydrogen-bond acceptors (Lipinski definition) is 4. The first kappa shape index (κ1) is 19.6. The second-order valence-electron chi connectivity index (χ2n) is 5.74. The topological polar surface area (TPSA) is 56.8 Å². The van der Waals surface area contributed by atoms with Gasteiger partial charge < -0.3 is 19.5 Å². The number of hydrogen-bond donors (Lipinski definition) is 1. The maximum Gasteiger partial charge on any atom is 0.255 e. The molecule has 5 heteroatoms. The van der Waals surface area contributed by atoms with Gasteiger partial charge in [0.1, 0.15) is 5.75 Å². The third-order valence-corrected chi connectivity index (χ3v) is 3.56. The van der Waals surface area contributed by atoms with E-state index >= 15 is 0 Å². The Labute approximate surface area is 155 Å². The Balaban J connectivity index is 2.18. The molecule has 0 aliphatic rings. The molecular weight excluding hydrogens is 330 g/mol. The highest BCUT2D eigenvalue weighted by Crippen LogP contribution is 2.30. The molecule has 2 aromatic rings. The van der Waals surface area contributed by atoms with Gasteiger partial charge in [-0.05, 0) is 50.1 Å². The summed E-state index contributed by atoms with van der Waals surface area (Å²) in [6.45, 7) is 7.69. The van der Waals surface area contributed by atoms with E-state index in [2.05, 4.69) is 5.32 Å². The largest absolute Gasteiger partial charge is 0.491 e. The van der Waals surface area contributed by atoms with Crippen molar-refractivity contribution in [1.29, 1.82) is 0 Å². The van der Waals surface area contributed by atoms with Crippen molar-refractivity contribution in [2.45, 2.75) is 33.6 Å². The van der Waals surface area contributed by atoms with Crippen LogP contribution in [-0.2, 0) is 0 Å². The van der Waals surface area contributed by atoms with E-state index in [1.807, 2.05) is 45.0 Å². The van der Waals surface area contributed by atoms with Crippen LogP contribution in [0.2, 0.25) is 0 Å². The highest BCUT2D eigenvalue weighted by atomic mass is 16.5. The van der Waals surface area contributed by atoms with Crippen molar-refractivity contribution in [3.63, 3.8) is 0 Å². The molecule has 0 atom stereocenters. The lowest BCUT2D eigenvalue weighted by molar-refractivity contribution is 0.102. The van der Waals surface area contributed by atoms with Crippen LogP contribution in [0.15, 0.2) is 42.5 Å². The van der Waals surface area contributed by atoms with Crippen molar-refractivity contribution in [1.82, 2.24) is 0 Å². The minimum absolute atomic E-state index is 0.222. The van der Waals surface area contributed by atoms with Crippen molar-refractivity contribution in [3.05, 3.63) is 48.0 Å². The molecule has 0 saturated carbocycles. The fourth-order valence-electron chi connectivity index (χ4n) is 2.35. The predicted molar refractivity (Wildman–Crippen MR) is 104 cm³/mol. The van der Waals surface area contributed by atoms with Gasteiger partial charge in [-0.3, -0.25) is 4.79 Å². The van der Waals surface area contributed by atoms with Gasteiger partial charge in [-0.15, -0.1) is 0 Å². The number of para-hydroxylation sites is 2.